The Labute approximate surface area is 144 Å². The highest BCUT2D eigenvalue weighted by molar-refractivity contribution is 5.84. The minimum absolute atomic E-state index is 0.0659. The summed E-state index contributed by atoms with van der Waals surface area (Å²) in [5.74, 6) is 0.964. The van der Waals surface area contributed by atoms with E-state index in [0.29, 0.717) is 26.3 Å². The van der Waals surface area contributed by atoms with Gasteiger partial charge in [-0.25, -0.2) is 0 Å². The molecule has 6 heteroatoms. The molecule has 0 bridgehead atoms. The minimum Gasteiger partial charge on any atom is -0.496 e. The number of hydrogen-bond donors (Lipinski definition) is 0. The second kappa shape index (κ2) is 9.01. The molecule has 0 aliphatic carbocycles. The molecule has 0 N–H and O–H groups in total. The standard InChI is InChI=1S/C18H28N2O4/c1-5-23-17(24-6-2)13-19(3)18(21)15-12-20(15)11-14-9-7-8-10-16(14)22-4/h7-10,15,17H,5-6,11-13H2,1-4H3. The number of rotatable bonds is 10. The molecule has 0 saturated carbocycles. The summed E-state index contributed by atoms with van der Waals surface area (Å²) < 4.78 is 16.4. The number of nitrogens with zero attached hydrogens (tertiary/aromatic N) is 2. The van der Waals surface area contributed by atoms with Crippen LogP contribution in [0.1, 0.15) is 19.4 Å². The predicted molar refractivity (Wildman–Crippen MR) is 91.9 cm³/mol. The van der Waals surface area contributed by atoms with E-state index < -0.39 is 0 Å². The van der Waals surface area contributed by atoms with Gasteiger partial charge in [0.2, 0.25) is 5.91 Å². The van der Waals surface area contributed by atoms with Crippen LogP contribution in [0, 0.1) is 0 Å². The van der Waals surface area contributed by atoms with E-state index in [0.717, 1.165) is 17.9 Å². The Balaban J connectivity index is 1.86. The fourth-order valence-corrected chi connectivity index (χ4v) is 2.73. The Kier molecular flexibility index (Phi) is 7.02. The van der Waals surface area contributed by atoms with E-state index in [4.69, 9.17) is 14.2 Å². The van der Waals surface area contributed by atoms with Gasteiger partial charge in [-0.3, -0.25) is 9.69 Å². The highest BCUT2D eigenvalue weighted by atomic mass is 16.7. The molecule has 6 nitrogen and oxygen atoms in total. The maximum Gasteiger partial charge on any atom is 0.241 e. The largest absolute Gasteiger partial charge is 0.496 e. The molecule has 0 spiro atoms. The van der Waals surface area contributed by atoms with Gasteiger partial charge >= 0.3 is 0 Å². The van der Waals surface area contributed by atoms with E-state index in [1.54, 1.807) is 19.1 Å². The van der Waals surface area contributed by atoms with Crippen molar-refractivity contribution in [1.29, 1.82) is 0 Å². The zero-order valence-corrected chi connectivity index (χ0v) is 15.0. The Morgan fingerprint density at radius 1 is 1.29 bits per heavy atom. The van der Waals surface area contributed by atoms with E-state index >= 15 is 0 Å². The lowest BCUT2D eigenvalue weighted by atomic mass is 10.2. The molecule has 134 valence electrons. The molecule has 0 radical (unpaired) electrons. The van der Waals surface area contributed by atoms with E-state index in [2.05, 4.69) is 4.90 Å². The summed E-state index contributed by atoms with van der Waals surface area (Å²) in [5.41, 5.74) is 1.10. The first kappa shape index (κ1) is 18.7. The van der Waals surface area contributed by atoms with E-state index in [9.17, 15) is 4.79 Å². The molecule has 1 fully saturated rings. The van der Waals surface area contributed by atoms with Crippen molar-refractivity contribution in [1.82, 2.24) is 9.80 Å². The second-order valence-electron chi connectivity index (χ2n) is 5.82. The minimum atomic E-state index is -0.365. The van der Waals surface area contributed by atoms with Gasteiger partial charge in [-0.05, 0) is 19.9 Å². The maximum absolute atomic E-state index is 12.5. The Morgan fingerprint density at radius 2 is 1.96 bits per heavy atom. The van der Waals surface area contributed by atoms with Crippen LogP contribution in [0.2, 0.25) is 0 Å². The van der Waals surface area contributed by atoms with Crippen molar-refractivity contribution in [3.05, 3.63) is 29.8 Å². The molecule has 1 heterocycles. The van der Waals surface area contributed by atoms with Crippen molar-refractivity contribution >= 4 is 5.91 Å². The van der Waals surface area contributed by atoms with Crippen molar-refractivity contribution in [2.75, 3.05) is 40.5 Å². The monoisotopic (exact) mass is 336 g/mol. The average Bonchev–Trinajstić information content (AvgIpc) is 3.34. The first-order valence-electron chi connectivity index (χ1n) is 8.44. The van der Waals surface area contributed by atoms with Crippen LogP contribution in [0.3, 0.4) is 0 Å². The summed E-state index contributed by atoms with van der Waals surface area (Å²) in [6, 6.07) is 7.84. The van der Waals surface area contributed by atoms with Gasteiger partial charge in [-0.1, -0.05) is 18.2 Å². The third-order valence-corrected chi connectivity index (χ3v) is 4.07. The predicted octanol–water partition coefficient (Wildman–Crippen LogP) is 1.74. The molecule has 2 unspecified atom stereocenters. The maximum atomic E-state index is 12.5. The lowest BCUT2D eigenvalue weighted by molar-refractivity contribution is -0.156. The first-order chi connectivity index (χ1) is 11.6. The summed E-state index contributed by atoms with van der Waals surface area (Å²) in [6.07, 6.45) is -0.365. The topological polar surface area (TPSA) is 51.0 Å². The lowest BCUT2D eigenvalue weighted by Gasteiger charge is -2.24. The number of methoxy groups -OCH3 is 1. The van der Waals surface area contributed by atoms with Crippen LogP contribution in [0.15, 0.2) is 24.3 Å². The molecule has 2 rings (SSSR count). The zero-order chi connectivity index (χ0) is 17.5. The van der Waals surface area contributed by atoms with Crippen LogP contribution < -0.4 is 4.74 Å². The first-order valence-corrected chi connectivity index (χ1v) is 8.44. The normalized spacial score (nSPS) is 19.4. The fraction of sp³-hybridized carbons (Fsp3) is 0.611. The van der Waals surface area contributed by atoms with Crippen LogP contribution in [0.4, 0.5) is 0 Å². The van der Waals surface area contributed by atoms with E-state index in [-0.39, 0.29) is 18.2 Å². The van der Waals surface area contributed by atoms with Gasteiger partial charge in [0, 0.05) is 38.9 Å². The molecule has 2 atom stereocenters. The highest BCUT2D eigenvalue weighted by Crippen LogP contribution is 2.27. The number of likely N-dealkylation sites (N-methyl/N-ethyl adjacent to an activating group) is 1. The van der Waals surface area contributed by atoms with E-state index in [1.165, 1.54) is 0 Å². The molecule has 1 aromatic rings. The van der Waals surface area contributed by atoms with Gasteiger partial charge in [0.05, 0.1) is 13.7 Å². The number of carbonyl (C=O) groups is 1. The smallest absolute Gasteiger partial charge is 0.241 e. The second-order valence-corrected chi connectivity index (χ2v) is 5.82. The number of benzene rings is 1. The van der Waals surface area contributed by atoms with Crippen LogP contribution in [-0.4, -0.2) is 68.5 Å². The van der Waals surface area contributed by atoms with Gasteiger partial charge in [0.25, 0.3) is 0 Å². The quantitative estimate of drug-likeness (QED) is 0.481. The molecule has 1 aliphatic heterocycles. The van der Waals surface area contributed by atoms with Gasteiger partial charge in [0.1, 0.15) is 11.8 Å². The molecule has 1 amide bonds. The Hall–Kier alpha value is -1.63. The SMILES string of the molecule is CCOC(CN(C)C(=O)C1CN1Cc1ccccc1OC)OCC. The van der Waals surface area contributed by atoms with Gasteiger partial charge in [-0.2, -0.15) is 0 Å². The molecule has 0 aromatic heterocycles. The number of carbonyl (C=O) groups excluding carboxylic acids is 1. The number of hydrogen-bond acceptors (Lipinski definition) is 5. The van der Waals surface area contributed by atoms with Crippen LogP contribution in [0.25, 0.3) is 0 Å². The van der Waals surface area contributed by atoms with Crippen molar-refractivity contribution in [2.24, 2.45) is 0 Å². The molecule has 1 saturated heterocycles. The highest BCUT2D eigenvalue weighted by Gasteiger charge is 2.42. The summed E-state index contributed by atoms with van der Waals surface area (Å²) in [6.45, 7) is 6.91. The van der Waals surface area contributed by atoms with Gasteiger partial charge < -0.3 is 19.1 Å². The molecule has 24 heavy (non-hydrogen) atoms. The third-order valence-electron chi connectivity index (χ3n) is 4.07. The van der Waals surface area contributed by atoms with Crippen molar-refractivity contribution in [2.45, 2.75) is 32.7 Å². The van der Waals surface area contributed by atoms with Gasteiger partial charge in [0.15, 0.2) is 6.29 Å². The fourth-order valence-electron chi connectivity index (χ4n) is 2.73. The molecule has 1 aliphatic rings. The summed E-state index contributed by atoms with van der Waals surface area (Å²) in [5, 5.41) is 0. The van der Waals surface area contributed by atoms with Crippen molar-refractivity contribution in [3.8, 4) is 5.75 Å². The Morgan fingerprint density at radius 3 is 2.58 bits per heavy atom. The molecule has 1 aromatic carbocycles. The van der Waals surface area contributed by atoms with Crippen LogP contribution >= 0.6 is 0 Å². The zero-order valence-electron chi connectivity index (χ0n) is 15.0. The number of amides is 1. The number of para-hydroxylation sites is 1. The third kappa shape index (κ3) is 4.93. The summed E-state index contributed by atoms with van der Waals surface area (Å²) in [7, 11) is 3.46. The summed E-state index contributed by atoms with van der Waals surface area (Å²) in [4.78, 5) is 16.4. The van der Waals surface area contributed by atoms with Gasteiger partial charge in [-0.15, -0.1) is 0 Å². The van der Waals surface area contributed by atoms with Crippen molar-refractivity contribution in [3.63, 3.8) is 0 Å². The average molecular weight is 336 g/mol. The van der Waals surface area contributed by atoms with Crippen molar-refractivity contribution < 1.29 is 19.0 Å². The molecular weight excluding hydrogens is 308 g/mol. The molecular formula is C18H28N2O4. The summed E-state index contributed by atoms with van der Waals surface area (Å²) >= 11 is 0. The number of ether oxygens (including phenoxy) is 3. The van der Waals surface area contributed by atoms with Crippen LogP contribution in [0.5, 0.6) is 5.75 Å². The van der Waals surface area contributed by atoms with E-state index in [1.807, 2.05) is 38.1 Å². The van der Waals surface area contributed by atoms with Crippen LogP contribution in [-0.2, 0) is 20.8 Å². The lowest BCUT2D eigenvalue weighted by Crippen LogP contribution is -2.40. The Bertz CT molecular complexity index is 532.